The average Bonchev–Trinajstić information content (AvgIpc) is 2.67. The predicted octanol–water partition coefficient (Wildman–Crippen LogP) is 2.37. The first kappa shape index (κ1) is 13.7. The summed E-state index contributed by atoms with van der Waals surface area (Å²) in [6, 6.07) is 4.99. The van der Waals surface area contributed by atoms with E-state index >= 15 is 0 Å². The van der Waals surface area contributed by atoms with Crippen molar-refractivity contribution in [2.75, 3.05) is 12.3 Å². The van der Waals surface area contributed by atoms with Crippen LogP contribution in [-0.4, -0.2) is 27.2 Å². The minimum atomic E-state index is -3.17. The van der Waals surface area contributed by atoms with E-state index in [1.165, 1.54) is 4.57 Å². The number of benzene rings is 1. The summed E-state index contributed by atoms with van der Waals surface area (Å²) in [5, 5.41) is 8.73. The minimum Gasteiger partial charge on any atom is -0.399 e. The summed E-state index contributed by atoms with van der Waals surface area (Å²) in [5.74, 6) is -2.60. The fourth-order valence-corrected chi connectivity index (χ4v) is 2.05. The topological polar surface area (TPSA) is 64.1 Å². The van der Waals surface area contributed by atoms with Crippen LogP contribution in [0.1, 0.15) is 25.6 Å². The Morgan fingerprint density at radius 1 is 1.42 bits per heavy atom. The van der Waals surface area contributed by atoms with Gasteiger partial charge in [-0.25, -0.2) is 13.8 Å². The molecular formula is C13H17F2N3O. The molecule has 0 aliphatic heterocycles. The third kappa shape index (κ3) is 2.68. The summed E-state index contributed by atoms with van der Waals surface area (Å²) < 4.78 is 28.3. The highest BCUT2D eigenvalue weighted by molar-refractivity contribution is 5.79. The van der Waals surface area contributed by atoms with Gasteiger partial charge >= 0.3 is 0 Å². The maximum absolute atomic E-state index is 13.4. The lowest BCUT2D eigenvalue weighted by molar-refractivity contribution is -0.0627. The molecule has 19 heavy (non-hydrogen) atoms. The van der Waals surface area contributed by atoms with Gasteiger partial charge in [-0.3, -0.25) is 0 Å². The number of nitrogens with two attached hydrogens (primary N) is 1. The molecule has 0 saturated heterocycles. The number of rotatable bonds is 4. The van der Waals surface area contributed by atoms with Crippen LogP contribution in [0.25, 0.3) is 11.0 Å². The molecule has 0 bridgehead atoms. The molecule has 0 saturated carbocycles. The van der Waals surface area contributed by atoms with E-state index in [-0.39, 0.29) is 5.92 Å². The van der Waals surface area contributed by atoms with Gasteiger partial charge in [0.1, 0.15) is 12.4 Å². The van der Waals surface area contributed by atoms with Crippen molar-refractivity contribution in [3.63, 3.8) is 0 Å². The molecule has 4 nitrogen and oxygen atoms in total. The molecule has 3 N–H and O–H groups in total. The van der Waals surface area contributed by atoms with Crippen molar-refractivity contribution in [3.05, 3.63) is 24.0 Å². The number of nitrogens with zero attached hydrogens (tertiary/aromatic N) is 2. The first-order valence-electron chi connectivity index (χ1n) is 6.08. The van der Waals surface area contributed by atoms with Crippen LogP contribution in [0.5, 0.6) is 0 Å². The van der Waals surface area contributed by atoms with Crippen molar-refractivity contribution >= 4 is 16.7 Å². The number of hydrogen-bond acceptors (Lipinski definition) is 3. The Labute approximate surface area is 109 Å². The van der Waals surface area contributed by atoms with Gasteiger partial charge in [0.2, 0.25) is 0 Å². The number of alkyl halides is 2. The van der Waals surface area contributed by atoms with Gasteiger partial charge in [-0.05, 0) is 18.2 Å². The van der Waals surface area contributed by atoms with Gasteiger partial charge in [0.15, 0.2) is 0 Å². The number of anilines is 1. The average molecular weight is 269 g/mol. The van der Waals surface area contributed by atoms with Crippen LogP contribution in [0, 0.1) is 0 Å². The Morgan fingerprint density at radius 2 is 2.11 bits per heavy atom. The summed E-state index contributed by atoms with van der Waals surface area (Å²) in [6.07, 6.45) is 0. The minimum absolute atomic E-state index is 0.00289. The second-order valence-electron chi connectivity index (χ2n) is 4.97. The summed E-state index contributed by atoms with van der Waals surface area (Å²) in [4.78, 5) is 4.36. The van der Waals surface area contributed by atoms with Gasteiger partial charge in [0, 0.05) is 11.6 Å². The number of nitrogen functional groups attached to an aromatic ring is 1. The molecule has 1 aromatic heterocycles. The Morgan fingerprint density at radius 3 is 2.68 bits per heavy atom. The molecule has 0 fully saturated rings. The van der Waals surface area contributed by atoms with Gasteiger partial charge < -0.3 is 15.4 Å². The monoisotopic (exact) mass is 269 g/mol. The van der Waals surface area contributed by atoms with E-state index in [1.807, 2.05) is 13.8 Å². The normalized spacial score (nSPS) is 12.5. The zero-order valence-corrected chi connectivity index (χ0v) is 10.9. The molecule has 104 valence electrons. The van der Waals surface area contributed by atoms with Crippen molar-refractivity contribution < 1.29 is 13.9 Å². The second-order valence-corrected chi connectivity index (χ2v) is 4.97. The molecule has 0 aliphatic rings. The number of aliphatic hydroxyl groups excluding tert-OH is 1. The predicted molar refractivity (Wildman–Crippen MR) is 70.3 cm³/mol. The van der Waals surface area contributed by atoms with E-state index in [4.69, 9.17) is 10.8 Å². The van der Waals surface area contributed by atoms with Gasteiger partial charge in [-0.1, -0.05) is 13.8 Å². The van der Waals surface area contributed by atoms with Crippen molar-refractivity contribution in [3.8, 4) is 0 Å². The van der Waals surface area contributed by atoms with Crippen molar-refractivity contribution in [1.29, 1.82) is 0 Å². The van der Waals surface area contributed by atoms with Gasteiger partial charge in [0.05, 0.1) is 17.6 Å². The summed E-state index contributed by atoms with van der Waals surface area (Å²) >= 11 is 0. The molecule has 2 rings (SSSR count). The SMILES string of the molecule is CC(C)c1nc2cc(N)ccc2n1CC(F)(F)CO. The molecule has 0 radical (unpaired) electrons. The zero-order valence-electron chi connectivity index (χ0n) is 10.9. The Balaban J connectivity index is 2.59. The van der Waals surface area contributed by atoms with Crippen LogP contribution in [-0.2, 0) is 6.54 Å². The van der Waals surface area contributed by atoms with Crippen molar-refractivity contribution in [2.45, 2.75) is 32.2 Å². The van der Waals surface area contributed by atoms with Crippen molar-refractivity contribution in [2.24, 2.45) is 0 Å². The third-order valence-corrected chi connectivity index (χ3v) is 2.94. The summed E-state index contributed by atoms with van der Waals surface area (Å²) in [7, 11) is 0. The smallest absolute Gasteiger partial charge is 0.288 e. The van der Waals surface area contributed by atoms with Gasteiger partial charge in [-0.15, -0.1) is 0 Å². The Kier molecular flexibility index (Phi) is 3.45. The van der Waals surface area contributed by atoms with Gasteiger partial charge in [0.25, 0.3) is 5.92 Å². The van der Waals surface area contributed by atoms with Crippen LogP contribution in [0.4, 0.5) is 14.5 Å². The fourth-order valence-electron chi connectivity index (χ4n) is 2.05. The second kappa shape index (κ2) is 4.77. The lowest BCUT2D eigenvalue weighted by atomic mass is 10.2. The van der Waals surface area contributed by atoms with E-state index in [2.05, 4.69) is 4.98 Å². The number of hydrogen-bond donors (Lipinski definition) is 2. The van der Waals surface area contributed by atoms with E-state index < -0.39 is 19.1 Å². The number of aliphatic hydroxyl groups is 1. The van der Waals surface area contributed by atoms with E-state index in [0.717, 1.165) is 0 Å². The summed E-state index contributed by atoms with van der Waals surface area (Å²) in [6.45, 7) is 2.01. The Bertz CT molecular complexity index is 593. The Hall–Kier alpha value is -1.69. The molecule has 0 amide bonds. The molecular weight excluding hydrogens is 252 g/mol. The van der Waals surface area contributed by atoms with E-state index in [9.17, 15) is 8.78 Å². The number of fused-ring (bicyclic) bond motifs is 1. The maximum Gasteiger partial charge on any atom is 0.288 e. The highest BCUT2D eigenvalue weighted by Gasteiger charge is 2.30. The molecule has 1 heterocycles. The first-order chi connectivity index (χ1) is 8.84. The van der Waals surface area contributed by atoms with Crippen LogP contribution in [0.15, 0.2) is 18.2 Å². The molecule has 2 aromatic rings. The van der Waals surface area contributed by atoms with Gasteiger partial charge in [-0.2, -0.15) is 0 Å². The molecule has 6 heteroatoms. The van der Waals surface area contributed by atoms with Crippen LogP contribution in [0.3, 0.4) is 0 Å². The largest absolute Gasteiger partial charge is 0.399 e. The number of imidazole rings is 1. The van der Waals surface area contributed by atoms with Crippen LogP contribution in [0.2, 0.25) is 0 Å². The lowest BCUT2D eigenvalue weighted by Crippen LogP contribution is -2.29. The maximum atomic E-state index is 13.4. The molecule has 0 atom stereocenters. The third-order valence-electron chi connectivity index (χ3n) is 2.94. The molecule has 0 spiro atoms. The van der Waals surface area contributed by atoms with Crippen LogP contribution < -0.4 is 5.73 Å². The highest BCUT2D eigenvalue weighted by atomic mass is 19.3. The van der Waals surface area contributed by atoms with Crippen molar-refractivity contribution in [1.82, 2.24) is 9.55 Å². The number of halogens is 2. The quantitative estimate of drug-likeness (QED) is 0.837. The zero-order chi connectivity index (χ0) is 14.2. The molecule has 0 aliphatic carbocycles. The number of aromatic nitrogens is 2. The van der Waals surface area contributed by atoms with E-state index in [0.29, 0.717) is 22.5 Å². The van der Waals surface area contributed by atoms with Crippen LogP contribution >= 0.6 is 0 Å². The lowest BCUT2D eigenvalue weighted by Gasteiger charge is -2.17. The standard InChI is InChI=1S/C13H17F2N3O/c1-8(2)12-17-10-5-9(16)3-4-11(10)18(12)6-13(14,15)7-19/h3-5,8,19H,6-7,16H2,1-2H3. The summed E-state index contributed by atoms with van der Waals surface area (Å²) in [5.41, 5.74) is 7.42. The highest BCUT2D eigenvalue weighted by Crippen LogP contribution is 2.27. The fraction of sp³-hybridized carbons (Fsp3) is 0.462. The molecule has 0 unspecified atom stereocenters. The van der Waals surface area contributed by atoms with E-state index in [1.54, 1.807) is 18.2 Å². The first-order valence-corrected chi connectivity index (χ1v) is 6.08. The molecule has 1 aromatic carbocycles.